The molecule has 1 aromatic carbocycles. The summed E-state index contributed by atoms with van der Waals surface area (Å²) in [4.78, 5) is 9.98. The van der Waals surface area contributed by atoms with Gasteiger partial charge in [-0.3, -0.25) is 0 Å². The van der Waals surface area contributed by atoms with E-state index in [2.05, 4.69) is 0 Å². The molecule has 0 radical (unpaired) electrons. The van der Waals surface area contributed by atoms with E-state index in [-0.39, 0.29) is 0 Å². The number of aromatic carboxylic acids is 1. The van der Waals surface area contributed by atoms with Gasteiger partial charge in [0.15, 0.2) is 4.90 Å². The molecule has 1 N–H and O–H groups in total. The molecular formula is C9H6ClF3O3S. The molecule has 94 valence electrons. The molecule has 0 aliphatic rings. The fourth-order valence-electron chi connectivity index (χ4n) is 1.23. The summed E-state index contributed by atoms with van der Waals surface area (Å²) < 4.78 is 49.0. The van der Waals surface area contributed by atoms with E-state index in [1.54, 1.807) is 0 Å². The molecule has 8 heteroatoms. The Labute approximate surface area is 102 Å². The molecule has 0 aromatic heterocycles. The van der Waals surface area contributed by atoms with Gasteiger partial charge < -0.3 is 9.66 Å². The zero-order valence-electron chi connectivity index (χ0n) is 8.34. The fraction of sp³-hybridized carbons (Fsp3) is 0.222. The van der Waals surface area contributed by atoms with Crippen LogP contribution in [0.25, 0.3) is 0 Å². The number of benzene rings is 1. The van der Waals surface area contributed by atoms with Crippen molar-refractivity contribution in [3.63, 3.8) is 0 Å². The standard InChI is InChI=1S/C9H6ClF3O3S/c1-17(16)7-5(9(11,12)13)3-2-4(6(7)10)8(14)15/h2-3H,1H3,(H,14,15)/t17-/m0/s1. The zero-order chi connectivity index (χ0) is 13.4. The Hall–Kier alpha value is -0.920. The first-order valence-electron chi connectivity index (χ1n) is 4.12. The summed E-state index contributed by atoms with van der Waals surface area (Å²) >= 11 is 3.50. The third-order valence-corrected chi connectivity index (χ3v) is 3.42. The smallest absolute Gasteiger partial charge is 0.421 e. The summed E-state index contributed by atoms with van der Waals surface area (Å²) in [5.74, 6) is -1.48. The van der Waals surface area contributed by atoms with Crippen molar-refractivity contribution in [2.24, 2.45) is 0 Å². The van der Waals surface area contributed by atoms with Gasteiger partial charge in [0.1, 0.15) is 16.8 Å². The lowest BCUT2D eigenvalue weighted by Crippen LogP contribution is -2.15. The molecule has 0 aliphatic heterocycles. The second kappa shape index (κ2) is 4.75. The van der Waals surface area contributed by atoms with Crippen molar-refractivity contribution < 1.29 is 27.6 Å². The van der Waals surface area contributed by atoms with E-state index in [4.69, 9.17) is 16.7 Å². The van der Waals surface area contributed by atoms with Crippen LogP contribution >= 0.6 is 11.6 Å². The van der Waals surface area contributed by atoms with Gasteiger partial charge >= 0.3 is 12.1 Å². The minimum atomic E-state index is -4.73. The minimum Gasteiger partial charge on any atom is -0.612 e. The molecular weight excluding hydrogens is 281 g/mol. The number of carboxylic acid groups (broad SMARTS) is 1. The maximum absolute atomic E-state index is 12.6. The van der Waals surface area contributed by atoms with Gasteiger partial charge in [-0.25, -0.2) is 4.79 Å². The van der Waals surface area contributed by atoms with Crippen LogP contribution in [0.15, 0.2) is 17.0 Å². The van der Waals surface area contributed by atoms with Crippen LogP contribution in [-0.4, -0.2) is 21.9 Å². The van der Waals surface area contributed by atoms with Crippen molar-refractivity contribution in [3.05, 3.63) is 28.3 Å². The highest BCUT2D eigenvalue weighted by Gasteiger charge is 2.39. The molecule has 1 aromatic rings. The second-order valence-corrected chi connectivity index (χ2v) is 4.76. The summed E-state index contributed by atoms with van der Waals surface area (Å²) in [6, 6.07) is 1.30. The summed E-state index contributed by atoms with van der Waals surface area (Å²) in [7, 11) is 0. The summed E-state index contributed by atoms with van der Waals surface area (Å²) in [6.07, 6.45) is -3.73. The molecule has 0 aliphatic carbocycles. The molecule has 3 nitrogen and oxygen atoms in total. The molecule has 1 rings (SSSR count). The Bertz CT molecular complexity index is 460. The van der Waals surface area contributed by atoms with E-state index >= 15 is 0 Å². The first kappa shape index (κ1) is 14.1. The summed E-state index contributed by atoms with van der Waals surface area (Å²) in [5, 5.41) is 8.06. The Morgan fingerprint density at radius 2 is 2.00 bits per heavy atom. The van der Waals surface area contributed by atoms with E-state index in [9.17, 15) is 22.5 Å². The fourth-order valence-corrected chi connectivity index (χ4v) is 2.65. The maximum Gasteiger partial charge on any atom is 0.421 e. The first-order chi connectivity index (χ1) is 7.66. The maximum atomic E-state index is 12.6. The lowest BCUT2D eigenvalue weighted by Gasteiger charge is -2.15. The van der Waals surface area contributed by atoms with Gasteiger partial charge in [-0.1, -0.05) is 11.6 Å². The average molecular weight is 287 g/mol. The molecule has 0 spiro atoms. The lowest BCUT2D eigenvalue weighted by atomic mass is 10.1. The first-order valence-corrected chi connectivity index (χ1v) is 6.06. The normalized spacial score (nSPS) is 13.5. The monoisotopic (exact) mass is 286 g/mol. The minimum absolute atomic E-state index is 0.509. The Morgan fingerprint density at radius 1 is 1.47 bits per heavy atom. The number of carboxylic acids is 1. The Balaban J connectivity index is 3.57. The van der Waals surface area contributed by atoms with Crippen LogP contribution in [0.1, 0.15) is 15.9 Å². The van der Waals surface area contributed by atoms with Crippen molar-refractivity contribution in [2.75, 3.05) is 6.26 Å². The van der Waals surface area contributed by atoms with E-state index in [1.165, 1.54) is 0 Å². The number of hydrogen-bond donors (Lipinski definition) is 1. The third kappa shape index (κ3) is 2.85. The van der Waals surface area contributed by atoms with Crippen LogP contribution in [-0.2, 0) is 17.4 Å². The molecule has 0 bridgehead atoms. The lowest BCUT2D eigenvalue weighted by molar-refractivity contribution is -0.139. The molecule has 0 fully saturated rings. The van der Waals surface area contributed by atoms with E-state index in [0.29, 0.717) is 6.07 Å². The second-order valence-electron chi connectivity index (χ2n) is 3.06. The quantitative estimate of drug-likeness (QED) is 0.851. The van der Waals surface area contributed by atoms with Crippen LogP contribution in [0, 0.1) is 0 Å². The van der Waals surface area contributed by atoms with Crippen LogP contribution in [0.5, 0.6) is 0 Å². The van der Waals surface area contributed by atoms with Gasteiger partial charge in [-0.2, -0.15) is 13.2 Å². The van der Waals surface area contributed by atoms with Gasteiger partial charge in [0.25, 0.3) is 0 Å². The summed E-state index contributed by atoms with van der Waals surface area (Å²) in [6.45, 7) is 0. The van der Waals surface area contributed by atoms with Crippen LogP contribution in [0.3, 0.4) is 0 Å². The average Bonchev–Trinajstić information content (AvgIpc) is 2.14. The van der Waals surface area contributed by atoms with Crippen molar-refractivity contribution in [2.45, 2.75) is 11.1 Å². The number of alkyl halides is 3. The van der Waals surface area contributed by atoms with Gasteiger partial charge in [-0.15, -0.1) is 0 Å². The van der Waals surface area contributed by atoms with E-state index < -0.39 is 44.4 Å². The van der Waals surface area contributed by atoms with Crippen LogP contribution in [0.2, 0.25) is 5.02 Å². The Morgan fingerprint density at radius 3 is 2.35 bits per heavy atom. The van der Waals surface area contributed by atoms with Crippen molar-refractivity contribution >= 4 is 28.7 Å². The predicted molar refractivity (Wildman–Crippen MR) is 55.7 cm³/mol. The van der Waals surface area contributed by atoms with E-state index in [1.807, 2.05) is 0 Å². The molecule has 1 atom stereocenters. The van der Waals surface area contributed by atoms with E-state index in [0.717, 1.165) is 12.3 Å². The van der Waals surface area contributed by atoms with Gasteiger partial charge in [0.05, 0.1) is 5.56 Å². The highest BCUT2D eigenvalue weighted by atomic mass is 35.5. The third-order valence-electron chi connectivity index (χ3n) is 1.92. The highest BCUT2D eigenvalue weighted by Crippen LogP contribution is 2.39. The van der Waals surface area contributed by atoms with Gasteiger partial charge in [-0.05, 0) is 23.3 Å². The zero-order valence-corrected chi connectivity index (χ0v) is 9.91. The van der Waals surface area contributed by atoms with Crippen molar-refractivity contribution in [1.29, 1.82) is 0 Å². The number of halogens is 4. The van der Waals surface area contributed by atoms with Gasteiger partial charge in [0.2, 0.25) is 0 Å². The largest absolute Gasteiger partial charge is 0.612 e. The predicted octanol–water partition coefficient (Wildman–Crippen LogP) is 2.79. The molecule has 0 heterocycles. The van der Waals surface area contributed by atoms with Gasteiger partial charge in [0, 0.05) is 0 Å². The van der Waals surface area contributed by atoms with Crippen molar-refractivity contribution in [3.8, 4) is 0 Å². The Kier molecular flexibility index (Phi) is 3.95. The van der Waals surface area contributed by atoms with Crippen LogP contribution in [0.4, 0.5) is 13.2 Å². The highest BCUT2D eigenvalue weighted by molar-refractivity contribution is 7.90. The number of hydrogen-bond acceptors (Lipinski definition) is 2. The molecule has 0 unspecified atom stereocenters. The molecule has 0 saturated carbocycles. The SMILES string of the molecule is C[S@+]([O-])c1c(C(F)(F)F)ccc(C(=O)O)c1Cl. The van der Waals surface area contributed by atoms with Crippen LogP contribution < -0.4 is 0 Å². The van der Waals surface area contributed by atoms with Crippen molar-refractivity contribution in [1.82, 2.24) is 0 Å². The molecule has 17 heavy (non-hydrogen) atoms. The number of rotatable bonds is 2. The molecule has 0 amide bonds. The topological polar surface area (TPSA) is 60.4 Å². The molecule has 0 saturated heterocycles. The number of carbonyl (C=O) groups is 1. The summed E-state index contributed by atoms with van der Waals surface area (Å²) in [5.41, 5.74) is -1.70.